The first-order valence-corrected chi connectivity index (χ1v) is 4.56. The van der Waals surface area contributed by atoms with Gasteiger partial charge in [0, 0.05) is 26.1 Å². The lowest BCUT2D eigenvalue weighted by atomic mass is 10.1. The number of carbonyl (C=O) groups excluding carboxylic acids is 1. The number of rotatable bonds is 5. The Balaban J connectivity index is 3.83. The summed E-state index contributed by atoms with van der Waals surface area (Å²) in [7, 11) is 3.52. The van der Waals surface area contributed by atoms with E-state index in [-0.39, 0.29) is 11.8 Å². The van der Waals surface area contributed by atoms with Crippen molar-refractivity contribution in [3.63, 3.8) is 0 Å². The molecule has 0 heterocycles. The first kappa shape index (κ1) is 12.3. The van der Waals surface area contributed by atoms with Gasteiger partial charge in [0.05, 0.1) is 4.99 Å². The van der Waals surface area contributed by atoms with Crippen molar-refractivity contribution < 1.29 is 4.79 Å². The summed E-state index contributed by atoms with van der Waals surface area (Å²) in [6.07, 6.45) is 0. The first-order chi connectivity index (χ1) is 5.97. The van der Waals surface area contributed by atoms with Crippen LogP contribution in [0.5, 0.6) is 0 Å². The molecule has 0 aromatic carbocycles. The lowest BCUT2D eigenvalue weighted by molar-refractivity contribution is -0.124. The predicted octanol–water partition coefficient (Wildman–Crippen LogP) is -0.414. The molecule has 0 fully saturated rings. The molecule has 76 valence electrons. The third kappa shape index (κ3) is 5.54. The first-order valence-electron chi connectivity index (χ1n) is 4.15. The van der Waals surface area contributed by atoms with Crippen molar-refractivity contribution in [3.05, 3.63) is 0 Å². The van der Waals surface area contributed by atoms with Gasteiger partial charge >= 0.3 is 0 Å². The largest absolute Gasteiger partial charge is 0.392 e. The lowest BCUT2D eigenvalue weighted by Crippen LogP contribution is -2.37. The summed E-state index contributed by atoms with van der Waals surface area (Å²) in [6, 6.07) is 0. The topological polar surface area (TPSA) is 58.4 Å². The second kappa shape index (κ2) is 5.88. The minimum Gasteiger partial charge on any atom is -0.392 e. The Hall–Kier alpha value is -0.680. The molecule has 4 nitrogen and oxygen atoms in total. The zero-order valence-electron chi connectivity index (χ0n) is 8.33. The summed E-state index contributed by atoms with van der Waals surface area (Å²) in [6.45, 7) is 3.09. The molecule has 0 aliphatic heterocycles. The highest BCUT2D eigenvalue weighted by molar-refractivity contribution is 7.80. The average Bonchev–Trinajstić information content (AvgIpc) is 2.01. The maximum Gasteiger partial charge on any atom is 0.223 e. The van der Waals surface area contributed by atoms with Crippen LogP contribution in [0.15, 0.2) is 0 Å². The van der Waals surface area contributed by atoms with Crippen LogP contribution in [0.25, 0.3) is 0 Å². The molecular weight excluding hydrogens is 186 g/mol. The summed E-state index contributed by atoms with van der Waals surface area (Å²) in [5.74, 6) is -0.000796. The second-order valence-corrected chi connectivity index (χ2v) is 3.70. The Morgan fingerprint density at radius 2 is 2.23 bits per heavy atom. The van der Waals surface area contributed by atoms with Crippen LogP contribution in [-0.2, 0) is 4.79 Å². The van der Waals surface area contributed by atoms with Crippen molar-refractivity contribution in [2.24, 2.45) is 11.7 Å². The number of hydrogen-bond acceptors (Lipinski definition) is 3. The molecule has 0 spiro atoms. The predicted molar refractivity (Wildman–Crippen MR) is 57.5 cm³/mol. The maximum atomic E-state index is 11.1. The van der Waals surface area contributed by atoms with E-state index in [1.165, 1.54) is 0 Å². The highest BCUT2D eigenvalue weighted by atomic mass is 32.1. The van der Waals surface area contributed by atoms with Crippen LogP contribution in [-0.4, -0.2) is 43.0 Å². The number of likely N-dealkylation sites (N-methyl/N-ethyl adjacent to an activating group) is 1. The Morgan fingerprint density at radius 1 is 1.69 bits per heavy atom. The maximum absolute atomic E-state index is 11.1. The third-order valence-electron chi connectivity index (χ3n) is 1.71. The van der Waals surface area contributed by atoms with E-state index in [0.717, 1.165) is 0 Å². The molecule has 1 amide bonds. The molecule has 3 N–H and O–H groups in total. The van der Waals surface area contributed by atoms with Gasteiger partial charge in [-0.25, -0.2) is 0 Å². The Morgan fingerprint density at radius 3 is 2.62 bits per heavy atom. The van der Waals surface area contributed by atoms with Crippen LogP contribution in [0.1, 0.15) is 6.92 Å². The average molecular weight is 203 g/mol. The fraction of sp³-hybridized carbons (Fsp3) is 0.750. The minimum atomic E-state index is -0.0376. The molecule has 0 rings (SSSR count). The molecule has 0 aromatic rings. The number of carbonyl (C=O) groups is 1. The molecular formula is C8H17N3OS. The van der Waals surface area contributed by atoms with Crippen LogP contribution in [0, 0.1) is 5.92 Å². The van der Waals surface area contributed by atoms with Crippen LogP contribution in [0.4, 0.5) is 0 Å². The standard InChI is InChI=1S/C8H17N3OS/c1-6(8(12)10-2)4-11(3)5-7(9)13/h6H,4-5H2,1-3H3,(H2,9,13)(H,10,12). The molecule has 0 aliphatic carbocycles. The lowest BCUT2D eigenvalue weighted by Gasteiger charge is -2.19. The van der Waals surface area contributed by atoms with E-state index in [1.54, 1.807) is 7.05 Å². The highest BCUT2D eigenvalue weighted by Crippen LogP contribution is 1.97. The van der Waals surface area contributed by atoms with Gasteiger partial charge in [-0.1, -0.05) is 19.1 Å². The van der Waals surface area contributed by atoms with Gasteiger partial charge < -0.3 is 11.1 Å². The molecule has 0 bridgehead atoms. The van der Waals surface area contributed by atoms with E-state index in [0.29, 0.717) is 18.1 Å². The number of hydrogen-bond donors (Lipinski definition) is 2. The molecule has 0 aliphatic rings. The summed E-state index contributed by atoms with van der Waals surface area (Å²) in [4.78, 5) is 13.5. The van der Waals surface area contributed by atoms with E-state index in [9.17, 15) is 4.79 Å². The molecule has 0 saturated heterocycles. The molecule has 0 radical (unpaired) electrons. The van der Waals surface area contributed by atoms with E-state index in [1.807, 2.05) is 18.9 Å². The van der Waals surface area contributed by atoms with Crippen LogP contribution in [0.3, 0.4) is 0 Å². The molecule has 13 heavy (non-hydrogen) atoms. The fourth-order valence-electron chi connectivity index (χ4n) is 1.13. The van der Waals surface area contributed by atoms with E-state index in [4.69, 9.17) is 18.0 Å². The van der Waals surface area contributed by atoms with Gasteiger partial charge in [0.1, 0.15) is 0 Å². The Labute approximate surface area is 84.5 Å². The fourth-order valence-corrected chi connectivity index (χ4v) is 1.35. The van der Waals surface area contributed by atoms with Crippen molar-refractivity contribution in [2.75, 3.05) is 27.2 Å². The number of nitrogens with two attached hydrogens (primary N) is 1. The van der Waals surface area contributed by atoms with Crippen molar-refractivity contribution in [2.45, 2.75) is 6.92 Å². The molecule has 1 atom stereocenters. The van der Waals surface area contributed by atoms with Gasteiger partial charge in [0.25, 0.3) is 0 Å². The van der Waals surface area contributed by atoms with Gasteiger partial charge in [-0.2, -0.15) is 0 Å². The van der Waals surface area contributed by atoms with Gasteiger partial charge in [-0.3, -0.25) is 9.69 Å². The Kier molecular flexibility index (Phi) is 5.57. The molecule has 0 saturated carbocycles. The molecule has 1 unspecified atom stereocenters. The number of nitrogens with one attached hydrogen (secondary N) is 1. The Bertz CT molecular complexity index is 196. The van der Waals surface area contributed by atoms with Crippen LogP contribution < -0.4 is 11.1 Å². The van der Waals surface area contributed by atoms with Gasteiger partial charge in [-0.05, 0) is 7.05 Å². The van der Waals surface area contributed by atoms with Crippen molar-refractivity contribution in [3.8, 4) is 0 Å². The molecule has 5 heteroatoms. The summed E-state index contributed by atoms with van der Waals surface area (Å²) >= 11 is 4.75. The van der Waals surface area contributed by atoms with Gasteiger partial charge in [-0.15, -0.1) is 0 Å². The minimum absolute atomic E-state index is 0.0368. The monoisotopic (exact) mass is 203 g/mol. The zero-order chi connectivity index (χ0) is 10.4. The normalized spacial score (nSPS) is 12.6. The van der Waals surface area contributed by atoms with Crippen molar-refractivity contribution in [1.29, 1.82) is 0 Å². The zero-order valence-corrected chi connectivity index (χ0v) is 9.15. The smallest absolute Gasteiger partial charge is 0.223 e. The van der Waals surface area contributed by atoms with E-state index in [2.05, 4.69) is 5.32 Å². The summed E-state index contributed by atoms with van der Waals surface area (Å²) in [5, 5.41) is 2.59. The van der Waals surface area contributed by atoms with Crippen LogP contribution >= 0.6 is 12.2 Å². The molecule has 0 aromatic heterocycles. The van der Waals surface area contributed by atoms with Crippen molar-refractivity contribution in [1.82, 2.24) is 10.2 Å². The second-order valence-electron chi connectivity index (χ2n) is 3.18. The van der Waals surface area contributed by atoms with E-state index < -0.39 is 0 Å². The third-order valence-corrected chi connectivity index (χ3v) is 1.83. The van der Waals surface area contributed by atoms with E-state index >= 15 is 0 Å². The van der Waals surface area contributed by atoms with Crippen molar-refractivity contribution >= 4 is 23.1 Å². The number of thiocarbonyl (C=S) groups is 1. The van der Waals surface area contributed by atoms with Gasteiger partial charge in [0.2, 0.25) is 5.91 Å². The summed E-state index contributed by atoms with van der Waals surface area (Å²) < 4.78 is 0. The van der Waals surface area contributed by atoms with Crippen LogP contribution in [0.2, 0.25) is 0 Å². The SMILES string of the molecule is CNC(=O)C(C)CN(C)CC(N)=S. The number of amides is 1. The highest BCUT2D eigenvalue weighted by Gasteiger charge is 2.13. The number of nitrogens with zero attached hydrogens (tertiary/aromatic N) is 1. The quantitative estimate of drug-likeness (QED) is 0.596. The summed E-state index contributed by atoms with van der Waals surface area (Å²) in [5.41, 5.74) is 5.37. The van der Waals surface area contributed by atoms with Gasteiger partial charge in [0.15, 0.2) is 0 Å².